The molecule has 0 saturated carbocycles. The van der Waals surface area contributed by atoms with E-state index in [1.54, 1.807) is 0 Å². The van der Waals surface area contributed by atoms with Gasteiger partial charge in [0.15, 0.2) is 23.3 Å². The van der Waals surface area contributed by atoms with Gasteiger partial charge >= 0.3 is 5.97 Å². The Morgan fingerprint density at radius 1 is 0.962 bits per heavy atom. The molecule has 3 N–H and O–H groups in total. The molecule has 0 aliphatic carbocycles. The molecular weight excluding hydrogens is 353 g/mol. The quantitative estimate of drug-likeness (QED) is 0.618. The number of carboxylic acids is 1. The Bertz CT molecular complexity index is 1040. The Hall–Kier alpha value is -3.62. The minimum atomic E-state index is -1.70. The van der Waals surface area contributed by atoms with Crippen molar-refractivity contribution < 1.29 is 33.3 Å². The molecule has 9 heteroatoms. The summed E-state index contributed by atoms with van der Waals surface area (Å²) in [5, 5.41) is 29.1. The highest BCUT2D eigenvalue weighted by Crippen LogP contribution is 2.39. The van der Waals surface area contributed by atoms with E-state index in [0.717, 1.165) is 24.4 Å². The molecule has 0 atom stereocenters. The van der Waals surface area contributed by atoms with E-state index in [1.807, 2.05) is 0 Å². The fourth-order valence-electron chi connectivity index (χ4n) is 2.33. The minimum absolute atomic E-state index is 0.141. The lowest BCUT2D eigenvalue weighted by Crippen LogP contribution is -2.00. The van der Waals surface area contributed by atoms with Crippen molar-refractivity contribution in [2.24, 2.45) is 0 Å². The second kappa shape index (κ2) is 6.36. The van der Waals surface area contributed by atoms with E-state index in [4.69, 9.17) is 5.11 Å². The SMILES string of the molecule is O=C(O)c1ccc(O)c(-c2ccnc(-c3ccc(F)c(F)c3F)n2)c1O. The number of aromatic carboxylic acids is 1. The van der Waals surface area contributed by atoms with Gasteiger partial charge in [0, 0.05) is 6.20 Å². The predicted molar refractivity (Wildman–Crippen MR) is 83.1 cm³/mol. The fourth-order valence-corrected chi connectivity index (χ4v) is 2.33. The van der Waals surface area contributed by atoms with Crippen molar-refractivity contribution in [1.82, 2.24) is 9.97 Å². The molecule has 26 heavy (non-hydrogen) atoms. The number of nitrogens with zero attached hydrogens (tertiary/aromatic N) is 2. The van der Waals surface area contributed by atoms with Crippen LogP contribution in [0.5, 0.6) is 11.5 Å². The van der Waals surface area contributed by atoms with Crippen LogP contribution in [0, 0.1) is 17.5 Å². The minimum Gasteiger partial charge on any atom is -0.507 e. The molecule has 0 radical (unpaired) electrons. The van der Waals surface area contributed by atoms with Crippen molar-refractivity contribution in [3.05, 3.63) is 59.5 Å². The number of aromatic nitrogens is 2. The molecule has 3 rings (SSSR count). The third kappa shape index (κ3) is 2.79. The van der Waals surface area contributed by atoms with Crippen LogP contribution in [0.1, 0.15) is 10.4 Å². The summed E-state index contributed by atoms with van der Waals surface area (Å²) in [5.74, 6) is -7.62. The molecule has 132 valence electrons. The van der Waals surface area contributed by atoms with Crippen LogP contribution < -0.4 is 0 Å². The first-order valence-corrected chi connectivity index (χ1v) is 7.06. The van der Waals surface area contributed by atoms with Crippen LogP contribution in [0.25, 0.3) is 22.6 Å². The van der Waals surface area contributed by atoms with Gasteiger partial charge in [-0.1, -0.05) is 0 Å². The number of hydrogen-bond donors (Lipinski definition) is 3. The Morgan fingerprint density at radius 3 is 2.38 bits per heavy atom. The van der Waals surface area contributed by atoms with Gasteiger partial charge in [0.05, 0.1) is 16.8 Å². The lowest BCUT2D eigenvalue weighted by molar-refractivity contribution is 0.0694. The molecule has 1 heterocycles. The monoisotopic (exact) mass is 362 g/mol. The van der Waals surface area contributed by atoms with Gasteiger partial charge in [0.1, 0.15) is 17.1 Å². The molecule has 0 fully saturated rings. The highest BCUT2D eigenvalue weighted by molar-refractivity contribution is 5.95. The summed E-state index contributed by atoms with van der Waals surface area (Å²) in [5.41, 5.74) is -1.40. The van der Waals surface area contributed by atoms with E-state index >= 15 is 0 Å². The first-order chi connectivity index (χ1) is 12.3. The first-order valence-electron chi connectivity index (χ1n) is 7.06. The van der Waals surface area contributed by atoms with Gasteiger partial charge in [-0.3, -0.25) is 0 Å². The number of benzene rings is 2. The Labute approximate surface area is 143 Å². The molecule has 0 bridgehead atoms. The van der Waals surface area contributed by atoms with E-state index in [-0.39, 0.29) is 17.1 Å². The van der Waals surface area contributed by atoms with Gasteiger partial charge in [0.25, 0.3) is 0 Å². The number of hydrogen-bond acceptors (Lipinski definition) is 5. The maximum absolute atomic E-state index is 13.9. The van der Waals surface area contributed by atoms with Crippen molar-refractivity contribution in [3.8, 4) is 34.1 Å². The third-order valence-corrected chi connectivity index (χ3v) is 3.57. The summed E-state index contributed by atoms with van der Waals surface area (Å²) in [7, 11) is 0. The zero-order chi connectivity index (χ0) is 19.0. The molecule has 3 aromatic rings. The predicted octanol–water partition coefficient (Wildman–Crippen LogP) is 3.34. The van der Waals surface area contributed by atoms with E-state index in [1.165, 1.54) is 6.07 Å². The Kier molecular flexibility index (Phi) is 4.21. The molecule has 0 aliphatic rings. The average molecular weight is 362 g/mol. The fraction of sp³-hybridized carbons (Fsp3) is 0. The summed E-state index contributed by atoms with van der Waals surface area (Å²) >= 11 is 0. The second-order valence-corrected chi connectivity index (χ2v) is 5.15. The van der Waals surface area contributed by atoms with Gasteiger partial charge in [0.2, 0.25) is 0 Å². The first kappa shape index (κ1) is 17.2. The average Bonchev–Trinajstić information content (AvgIpc) is 2.60. The maximum Gasteiger partial charge on any atom is 0.339 e. The molecule has 2 aromatic carbocycles. The molecular formula is C17H9F3N2O4. The van der Waals surface area contributed by atoms with Crippen LogP contribution >= 0.6 is 0 Å². The lowest BCUT2D eigenvalue weighted by Gasteiger charge is -2.10. The summed E-state index contributed by atoms with van der Waals surface area (Å²) in [6.45, 7) is 0. The van der Waals surface area contributed by atoms with Gasteiger partial charge in [-0.25, -0.2) is 27.9 Å². The summed E-state index contributed by atoms with van der Waals surface area (Å²) in [6, 6.07) is 4.89. The number of carbonyl (C=O) groups is 1. The van der Waals surface area contributed by atoms with Crippen molar-refractivity contribution in [2.75, 3.05) is 0 Å². The number of halogens is 3. The second-order valence-electron chi connectivity index (χ2n) is 5.15. The zero-order valence-electron chi connectivity index (χ0n) is 12.7. The van der Waals surface area contributed by atoms with Crippen LogP contribution in [0.15, 0.2) is 36.5 Å². The van der Waals surface area contributed by atoms with Crippen molar-refractivity contribution in [2.45, 2.75) is 0 Å². The number of rotatable bonds is 3. The van der Waals surface area contributed by atoms with Gasteiger partial charge in [-0.2, -0.15) is 0 Å². The largest absolute Gasteiger partial charge is 0.507 e. The number of aromatic hydroxyl groups is 2. The van der Waals surface area contributed by atoms with E-state index in [0.29, 0.717) is 6.07 Å². The third-order valence-electron chi connectivity index (χ3n) is 3.57. The normalized spacial score (nSPS) is 10.7. The van der Waals surface area contributed by atoms with Crippen LogP contribution in [-0.4, -0.2) is 31.3 Å². The Morgan fingerprint density at radius 2 is 1.69 bits per heavy atom. The van der Waals surface area contributed by atoms with Crippen molar-refractivity contribution in [1.29, 1.82) is 0 Å². The Balaban J connectivity index is 2.20. The van der Waals surface area contributed by atoms with E-state index < -0.39 is 46.0 Å². The van der Waals surface area contributed by atoms with Gasteiger partial charge < -0.3 is 15.3 Å². The van der Waals surface area contributed by atoms with Crippen LogP contribution in [-0.2, 0) is 0 Å². The van der Waals surface area contributed by atoms with Crippen LogP contribution in [0.4, 0.5) is 13.2 Å². The number of phenols is 2. The van der Waals surface area contributed by atoms with Gasteiger partial charge in [-0.15, -0.1) is 0 Å². The zero-order valence-corrected chi connectivity index (χ0v) is 12.7. The van der Waals surface area contributed by atoms with Crippen LogP contribution in [0.3, 0.4) is 0 Å². The summed E-state index contributed by atoms with van der Waals surface area (Å²) < 4.78 is 40.4. The lowest BCUT2D eigenvalue weighted by atomic mass is 10.0. The number of phenolic OH excluding ortho intramolecular Hbond substituents is 1. The van der Waals surface area contributed by atoms with Crippen molar-refractivity contribution in [3.63, 3.8) is 0 Å². The highest BCUT2D eigenvalue weighted by atomic mass is 19.2. The molecule has 0 aliphatic heterocycles. The summed E-state index contributed by atoms with van der Waals surface area (Å²) in [6.07, 6.45) is 1.13. The molecule has 0 spiro atoms. The molecule has 0 amide bonds. The van der Waals surface area contributed by atoms with Crippen LogP contribution in [0.2, 0.25) is 0 Å². The molecule has 0 unspecified atom stereocenters. The topological polar surface area (TPSA) is 104 Å². The number of carboxylic acid groups (broad SMARTS) is 1. The van der Waals surface area contributed by atoms with Gasteiger partial charge in [-0.05, 0) is 30.3 Å². The molecule has 0 saturated heterocycles. The highest BCUT2D eigenvalue weighted by Gasteiger charge is 2.21. The standard InChI is InChI=1S/C17H9F3N2O4/c18-9-3-1-7(13(19)14(9)20)16-21-6-5-10(22-16)12-11(23)4-2-8(15(12)24)17(25)26/h1-6,23-24H,(H,25,26). The summed E-state index contributed by atoms with van der Waals surface area (Å²) in [4.78, 5) is 18.8. The maximum atomic E-state index is 13.9. The van der Waals surface area contributed by atoms with Crippen molar-refractivity contribution >= 4 is 5.97 Å². The molecule has 1 aromatic heterocycles. The van der Waals surface area contributed by atoms with E-state index in [9.17, 15) is 28.2 Å². The molecule has 6 nitrogen and oxygen atoms in total. The smallest absolute Gasteiger partial charge is 0.339 e. The van der Waals surface area contributed by atoms with E-state index in [2.05, 4.69) is 9.97 Å².